The third-order valence-corrected chi connectivity index (χ3v) is 8.80. The van der Waals surface area contributed by atoms with Crippen molar-refractivity contribution in [3.8, 4) is 5.69 Å². The number of aromatic amines is 1. The van der Waals surface area contributed by atoms with Gasteiger partial charge in [-0.3, -0.25) is 4.79 Å². The lowest BCUT2D eigenvalue weighted by molar-refractivity contribution is 0.103. The van der Waals surface area contributed by atoms with Crippen LogP contribution >= 0.6 is 22.6 Å². The first kappa shape index (κ1) is 24.4. The van der Waals surface area contributed by atoms with Crippen LogP contribution in [0.15, 0.2) is 77.8 Å². The zero-order chi connectivity index (χ0) is 26.8. The Morgan fingerprint density at radius 3 is 2.53 bits per heavy atom. The summed E-state index contributed by atoms with van der Waals surface area (Å²) in [7, 11) is -4.10. The zero-order valence-corrected chi connectivity index (χ0v) is 23.3. The molecular weight excluding hydrogens is 615 g/mol. The number of aromatic nitrogens is 5. The standard InChI is InChI=1S/C27H21IN6O3S/c1-15-3-7-20(8-4-15)38(36,37)34-24-10-5-18(28)11-17(24)12-25(34)26(35)21-14-30-33(27(21)29)19-6-9-22-23(13-19)32-16(2)31-22/h3-14H,29H2,1-2H3,(H,31,32). The van der Waals surface area contributed by atoms with Crippen molar-refractivity contribution in [2.24, 2.45) is 0 Å². The van der Waals surface area contributed by atoms with E-state index < -0.39 is 15.8 Å². The Balaban J connectivity index is 1.51. The molecule has 0 saturated carbocycles. The molecule has 0 saturated heterocycles. The summed E-state index contributed by atoms with van der Waals surface area (Å²) in [6, 6.07) is 18.9. The average molecular weight is 636 g/mol. The number of fused-ring (bicyclic) bond motifs is 2. The molecule has 3 N–H and O–H groups in total. The fourth-order valence-electron chi connectivity index (χ4n) is 4.53. The number of nitrogen functional groups attached to an aromatic ring is 1. The number of imidazole rings is 1. The molecule has 0 unspecified atom stereocenters. The molecule has 6 aromatic rings. The van der Waals surface area contributed by atoms with Crippen molar-refractivity contribution in [2.75, 3.05) is 5.73 Å². The van der Waals surface area contributed by atoms with Gasteiger partial charge in [-0.2, -0.15) is 5.10 Å². The number of halogens is 1. The average Bonchev–Trinajstić information content (AvgIpc) is 3.57. The first-order valence-electron chi connectivity index (χ1n) is 11.6. The summed E-state index contributed by atoms with van der Waals surface area (Å²) in [5, 5.41) is 4.98. The van der Waals surface area contributed by atoms with Crippen LogP contribution in [0, 0.1) is 17.4 Å². The molecule has 0 fully saturated rings. The second-order valence-corrected chi connectivity index (χ2v) is 12.1. The number of carbonyl (C=O) groups excluding carboxylic acids is 1. The van der Waals surface area contributed by atoms with Crippen LogP contribution in [0.25, 0.3) is 27.6 Å². The van der Waals surface area contributed by atoms with Crippen LogP contribution in [0.4, 0.5) is 5.82 Å². The van der Waals surface area contributed by atoms with Gasteiger partial charge < -0.3 is 10.7 Å². The number of H-pyrrole nitrogens is 1. The van der Waals surface area contributed by atoms with E-state index >= 15 is 0 Å². The fourth-order valence-corrected chi connectivity index (χ4v) is 6.55. The smallest absolute Gasteiger partial charge is 0.268 e. The Morgan fingerprint density at radius 1 is 1.00 bits per heavy atom. The SMILES string of the molecule is Cc1ccc(S(=O)(=O)n2c(C(=O)c3cnn(-c4ccc5nc(C)[nH]c5c4)c3N)cc3cc(I)ccc32)cc1. The summed E-state index contributed by atoms with van der Waals surface area (Å²) in [6.45, 7) is 3.74. The van der Waals surface area contributed by atoms with Gasteiger partial charge in [0.2, 0.25) is 5.78 Å². The van der Waals surface area contributed by atoms with Crippen molar-refractivity contribution in [2.45, 2.75) is 18.7 Å². The molecule has 6 rings (SSSR count). The maximum absolute atomic E-state index is 13.9. The number of hydrogen-bond acceptors (Lipinski definition) is 6. The Kier molecular flexibility index (Phi) is 5.65. The van der Waals surface area contributed by atoms with Crippen molar-refractivity contribution >= 4 is 66.2 Å². The maximum atomic E-state index is 13.9. The molecule has 190 valence electrons. The van der Waals surface area contributed by atoms with Gasteiger partial charge in [0.15, 0.2) is 0 Å². The third-order valence-electron chi connectivity index (χ3n) is 6.39. The highest BCUT2D eigenvalue weighted by molar-refractivity contribution is 14.1. The van der Waals surface area contributed by atoms with Gasteiger partial charge >= 0.3 is 0 Å². The lowest BCUT2D eigenvalue weighted by Crippen LogP contribution is -2.19. The monoisotopic (exact) mass is 636 g/mol. The van der Waals surface area contributed by atoms with Gasteiger partial charge in [0.05, 0.1) is 38.9 Å². The molecule has 0 spiro atoms. The number of anilines is 1. The van der Waals surface area contributed by atoms with E-state index in [1.54, 1.807) is 36.4 Å². The molecule has 3 heterocycles. The van der Waals surface area contributed by atoms with Gasteiger partial charge in [0.1, 0.15) is 17.3 Å². The summed E-state index contributed by atoms with van der Waals surface area (Å²) in [4.78, 5) is 21.6. The number of aryl methyl sites for hydroxylation is 2. The third kappa shape index (κ3) is 3.89. The molecule has 0 aliphatic carbocycles. The minimum atomic E-state index is -4.10. The van der Waals surface area contributed by atoms with E-state index in [2.05, 4.69) is 37.7 Å². The summed E-state index contributed by atoms with van der Waals surface area (Å²) in [6.07, 6.45) is 1.37. The number of nitrogens with zero attached hydrogens (tertiary/aromatic N) is 4. The van der Waals surface area contributed by atoms with Crippen molar-refractivity contribution in [3.63, 3.8) is 0 Å². The van der Waals surface area contributed by atoms with Crippen LogP contribution in [-0.4, -0.2) is 37.9 Å². The van der Waals surface area contributed by atoms with Gasteiger partial charge in [-0.15, -0.1) is 0 Å². The Morgan fingerprint density at radius 2 is 1.76 bits per heavy atom. The van der Waals surface area contributed by atoms with Crippen LogP contribution in [-0.2, 0) is 10.0 Å². The fraction of sp³-hybridized carbons (Fsp3) is 0.0741. The molecule has 9 nitrogen and oxygen atoms in total. The highest BCUT2D eigenvalue weighted by atomic mass is 127. The highest BCUT2D eigenvalue weighted by Gasteiger charge is 2.29. The number of hydrogen-bond donors (Lipinski definition) is 2. The summed E-state index contributed by atoms with van der Waals surface area (Å²) >= 11 is 2.15. The summed E-state index contributed by atoms with van der Waals surface area (Å²) < 4.78 is 31.2. The molecule has 3 aromatic carbocycles. The van der Waals surface area contributed by atoms with Crippen molar-refractivity contribution in [3.05, 3.63) is 99.1 Å². The second kappa shape index (κ2) is 8.81. The van der Waals surface area contributed by atoms with Gasteiger partial charge in [0, 0.05) is 8.96 Å². The van der Waals surface area contributed by atoms with E-state index in [-0.39, 0.29) is 22.0 Å². The Bertz CT molecular complexity index is 2000. The quantitative estimate of drug-likeness (QED) is 0.203. The Labute approximate surface area is 231 Å². The number of carbonyl (C=O) groups is 1. The van der Waals surface area contributed by atoms with Crippen LogP contribution < -0.4 is 5.73 Å². The highest BCUT2D eigenvalue weighted by Crippen LogP contribution is 2.30. The predicted octanol–water partition coefficient (Wildman–Crippen LogP) is 4.97. The number of nitrogens with two attached hydrogens (primary N) is 1. The molecule has 0 atom stereocenters. The second-order valence-electron chi connectivity index (χ2n) is 9.02. The van der Waals surface area contributed by atoms with Crippen LogP contribution in [0.2, 0.25) is 0 Å². The van der Waals surface area contributed by atoms with Gasteiger partial charge in [-0.25, -0.2) is 22.1 Å². The predicted molar refractivity (Wildman–Crippen MR) is 154 cm³/mol. The van der Waals surface area contributed by atoms with Crippen LogP contribution in [0.1, 0.15) is 27.4 Å². The first-order chi connectivity index (χ1) is 18.1. The Hall–Kier alpha value is -3.97. The zero-order valence-electron chi connectivity index (χ0n) is 20.3. The molecule has 3 aromatic heterocycles. The topological polar surface area (TPSA) is 129 Å². The summed E-state index contributed by atoms with van der Waals surface area (Å²) in [5.41, 5.74) is 10.1. The van der Waals surface area contributed by atoms with Crippen molar-refractivity contribution in [1.29, 1.82) is 0 Å². The number of ketones is 1. The summed E-state index contributed by atoms with van der Waals surface area (Å²) in [5.74, 6) is 0.331. The molecule has 0 bridgehead atoms. The largest absolute Gasteiger partial charge is 0.383 e. The first-order valence-corrected chi connectivity index (χ1v) is 14.1. The minimum absolute atomic E-state index is 0.0199. The lowest BCUT2D eigenvalue weighted by atomic mass is 10.1. The number of nitrogens with one attached hydrogen (secondary N) is 1. The molecule has 11 heteroatoms. The van der Waals surface area contributed by atoms with E-state index in [0.717, 1.165) is 30.0 Å². The van der Waals surface area contributed by atoms with Gasteiger partial charge in [0.25, 0.3) is 10.0 Å². The lowest BCUT2D eigenvalue weighted by Gasteiger charge is -2.12. The normalized spacial score (nSPS) is 12.0. The van der Waals surface area contributed by atoms with Crippen molar-refractivity contribution in [1.82, 2.24) is 23.7 Å². The van der Waals surface area contributed by atoms with E-state index in [1.165, 1.54) is 23.0 Å². The van der Waals surface area contributed by atoms with Crippen LogP contribution in [0.5, 0.6) is 0 Å². The maximum Gasteiger partial charge on any atom is 0.268 e. The van der Waals surface area contributed by atoms with E-state index in [9.17, 15) is 13.2 Å². The molecule has 0 radical (unpaired) electrons. The molecule has 0 aliphatic rings. The van der Waals surface area contributed by atoms with Gasteiger partial charge in [-0.05, 0) is 91.0 Å². The molecule has 38 heavy (non-hydrogen) atoms. The minimum Gasteiger partial charge on any atom is -0.383 e. The van der Waals surface area contributed by atoms with Gasteiger partial charge in [-0.1, -0.05) is 17.7 Å². The van der Waals surface area contributed by atoms with Crippen LogP contribution in [0.3, 0.4) is 0 Å². The van der Waals surface area contributed by atoms with Crippen molar-refractivity contribution < 1.29 is 13.2 Å². The van der Waals surface area contributed by atoms with E-state index in [4.69, 9.17) is 5.73 Å². The molecule has 0 aliphatic heterocycles. The van der Waals surface area contributed by atoms with E-state index in [0.29, 0.717) is 16.6 Å². The van der Waals surface area contributed by atoms with E-state index in [1.807, 2.05) is 32.0 Å². The molecule has 0 amide bonds. The molecular formula is C27H21IN6O3S. The number of rotatable bonds is 5. The number of benzene rings is 3.